The molecule has 1 rings (SSSR count). The van der Waals surface area contributed by atoms with E-state index in [4.69, 9.17) is 5.11 Å². The minimum absolute atomic E-state index is 0.0678. The topological polar surface area (TPSA) is 86.7 Å². The summed E-state index contributed by atoms with van der Waals surface area (Å²) in [6.45, 7) is 3.96. The number of sulfonamides is 1. The van der Waals surface area contributed by atoms with Crippen molar-refractivity contribution in [2.45, 2.75) is 20.4 Å². The second kappa shape index (κ2) is 5.92. The van der Waals surface area contributed by atoms with Crippen LogP contribution in [0.2, 0.25) is 0 Å². The van der Waals surface area contributed by atoms with Crippen LogP contribution < -0.4 is 9.62 Å². The number of aryl methyl sites for hydroxylation is 1. The molecular formula is C12H18N2O4S. The predicted octanol–water partition coefficient (Wildman–Crippen LogP) is 1.55. The number of hydrogen-bond acceptors (Lipinski definition) is 3. The third-order valence-corrected chi connectivity index (χ3v) is 3.88. The first-order valence-corrected chi connectivity index (χ1v) is 7.64. The Balaban J connectivity index is 3.22. The molecule has 1 aromatic rings. The van der Waals surface area contributed by atoms with Gasteiger partial charge in [0.25, 0.3) is 0 Å². The molecule has 0 heterocycles. The zero-order chi connectivity index (χ0) is 14.6. The van der Waals surface area contributed by atoms with Crippen LogP contribution in [0, 0.1) is 6.92 Å². The Bertz CT molecular complexity index is 569. The number of nitrogens with one attached hydrogen (secondary N) is 1. The molecule has 106 valence electrons. The van der Waals surface area contributed by atoms with Crippen LogP contribution in [-0.2, 0) is 16.6 Å². The highest BCUT2D eigenvalue weighted by Gasteiger charge is 2.18. The van der Waals surface area contributed by atoms with E-state index in [0.29, 0.717) is 17.8 Å². The molecule has 7 heteroatoms. The van der Waals surface area contributed by atoms with Crippen molar-refractivity contribution in [3.8, 4) is 0 Å². The van der Waals surface area contributed by atoms with Gasteiger partial charge in [0.1, 0.15) is 0 Å². The molecule has 0 radical (unpaired) electrons. The molecule has 0 bridgehead atoms. The lowest BCUT2D eigenvalue weighted by molar-refractivity contribution is 0.194. The number of carbonyl (C=O) groups is 1. The standard InChI is InChI=1S/C12H18N2O4S/c1-4-14(19(3,17)18)11-6-5-9(2)7-10(11)8-13-12(15)16/h5-7,13H,4,8H2,1-3H3,(H,15,16). The van der Waals surface area contributed by atoms with Crippen molar-refractivity contribution in [2.24, 2.45) is 0 Å². The van der Waals surface area contributed by atoms with Crippen molar-refractivity contribution < 1.29 is 18.3 Å². The summed E-state index contributed by atoms with van der Waals surface area (Å²) in [4.78, 5) is 10.6. The summed E-state index contributed by atoms with van der Waals surface area (Å²) in [5, 5.41) is 10.9. The summed E-state index contributed by atoms with van der Waals surface area (Å²) < 4.78 is 24.7. The van der Waals surface area contributed by atoms with Crippen LogP contribution >= 0.6 is 0 Å². The normalized spacial score (nSPS) is 11.1. The van der Waals surface area contributed by atoms with Crippen molar-refractivity contribution in [1.82, 2.24) is 5.32 Å². The number of carboxylic acid groups (broad SMARTS) is 1. The summed E-state index contributed by atoms with van der Waals surface area (Å²) in [7, 11) is -3.38. The Morgan fingerprint density at radius 2 is 2.05 bits per heavy atom. The molecule has 0 atom stereocenters. The van der Waals surface area contributed by atoms with E-state index in [-0.39, 0.29) is 6.54 Å². The summed E-state index contributed by atoms with van der Waals surface area (Å²) in [6, 6.07) is 5.27. The molecule has 0 saturated carbocycles. The molecule has 0 aliphatic carbocycles. The Labute approximate surface area is 113 Å². The quantitative estimate of drug-likeness (QED) is 0.859. The van der Waals surface area contributed by atoms with Gasteiger partial charge in [-0.1, -0.05) is 17.7 Å². The van der Waals surface area contributed by atoms with Gasteiger partial charge in [-0.05, 0) is 25.5 Å². The van der Waals surface area contributed by atoms with Crippen LogP contribution in [0.3, 0.4) is 0 Å². The maximum atomic E-state index is 11.7. The van der Waals surface area contributed by atoms with Crippen molar-refractivity contribution in [2.75, 3.05) is 17.1 Å². The van der Waals surface area contributed by atoms with Gasteiger partial charge in [-0.25, -0.2) is 13.2 Å². The third-order valence-electron chi connectivity index (χ3n) is 2.62. The van der Waals surface area contributed by atoms with Gasteiger partial charge in [0, 0.05) is 13.1 Å². The van der Waals surface area contributed by atoms with Crippen molar-refractivity contribution in [1.29, 1.82) is 0 Å². The van der Waals surface area contributed by atoms with E-state index < -0.39 is 16.1 Å². The van der Waals surface area contributed by atoms with Gasteiger partial charge < -0.3 is 10.4 Å². The fraction of sp³-hybridized carbons (Fsp3) is 0.417. The number of nitrogens with zero attached hydrogens (tertiary/aromatic N) is 1. The van der Waals surface area contributed by atoms with E-state index in [1.54, 1.807) is 25.1 Å². The second-order valence-electron chi connectivity index (χ2n) is 4.22. The Morgan fingerprint density at radius 1 is 1.42 bits per heavy atom. The number of benzene rings is 1. The molecule has 0 spiro atoms. The van der Waals surface area contributed by atoms with E-state index in [0.717, 1.165) is 11.8 Å². The summed E-state index contributed by atoms with van der Waals surface area (Å²) in [6.07, 6.45) is -0.0139. The van der Waals surface area contributed by atoms with Gasteiger partial charge in [0.15, 0.2) is 0 Å². The highest BCUT2D eigenvalue weighted by molar-refractivity contribution is 7.92. The molecule has 0 saturated heterocycles. The minimum Gasteiger partial charge on any atom is -0.465 e. The van der Waals surface area contributed by atoms with Gasteiger partial charge in [-0.3, -0.25) is 4.31 Å². The lowest BCUT2D eigenvalue weighted by Crippen LogP contribution is -2.31. The first-order chi connectivity index (χ1) is 8.75. The molecule has 0 aliphatic rings. The van der Waals surface area contributed by atoms with Crippen LogP contribution in [0.1, 0.15) is 18.1 Å². The largest absolute Gasteiger partial charge is 0.465 e. The highest BCUT2D eigenvalue weighted by Crippen LogP contribution is 2.24. The predicted molar refractivity (Wildman–Crippen MR) is 73.9 cm³/mol. The molecule has 0 unspecified atom stereocenters. The number of amides is 1. The van der Waals surface area contributed by atoms with Crippen molar-refractivity contribution >= 4 is 21.8 Å². The van der Waals surface area contributed by atoms with E-state index in [2.05, 4.69) is 5.32 Å². The molecule has 1 amide bonds. The van der Waals surface area contributed by atoms with Crippen molar-refractivity contribution in [3.63, 3.8) is 0 Å². The van der Waals surface area contributed by atoms with Gasteiger partial charge in [-0.15, -0.1) is 0 Å². The average molecular weight is 286 g/mol. The van der Waals surface area contributed by atoms with Crippen LogP contribution in [0.25, 0.3) is 0 Å². The molecule has 0 aromatic heterocycles. The molecule has 0 fully saturated rings. The van der Waals surface area contributed by atoms with Crippen LogP contribution in [0.15, 0.2) is 18.2 Å². The van der Waals surface area contributed by atoms with Crippen LogP contribution in [0.4, 0.5) is 10.5 Å². The van der Waals surface area contributed by atoms with Crippen molar-refractivity contribution in [3.05, 3.63) is 29.3 Å². The zero-order valence-corrected chi connectivity index (χ0v) is 12.0. The highest BCUT2D eigenvalue weighted by atomic mass is 32.2. The summed E-state index contributed by atoms with van der Waals surface area (Å²) in [5.41, 5.74) is 2.08. The second-order valence-corrected chi connectivity index (χ2v) is 6.13. The Hall–Kier alpha value is -1.76. The number of anilines is 1. The lowest BCUT2D eigenvalue weighted by atomic mass is 10.1. The SMILES string of the molecule is CCN(c1ccc(C)cc1CNC(=O)O)S(C)(=O)=O. The lowest BCUT2D eigenvalue weighted by Gasteiger charge is -2.23. The Kier molecular flexibility index (Phi) is 4.77. The van der Waals surface area contributed by atoms with E-state index in [1.165, 1.54) is 4.31 Å². The summed E-state index contributed by atoms with van der Waals surface area (Å²) in [5.74, 6) is 0. The van der Waals surface area contributed by atoms with Gasteiger partial charge >= 0.3 is 6.09 Å². The van der Waals surface area contributed by atoms with Gasteiger partial charge in [-0.2, -0.15) is 0 Å². The number of hydrogen-bond donors (Lipinski definition) is 2. The fourth-order valence-corrected chi connectivity index (χ4v) is 2.86. The first-order valence-electron chi connectivity index (χ1n) is 5.79. The monoisotopic (exact) mass is 286 g/mol. The maximum absolute atomic E-state index is 11.7. The first kappa shape index (κ1) is 15.3. The molecule has 19 heavy (non-hydrogen) atoms. The van der Waals surface area contributed by atoms with E-state index >= 15 is 0 Å². The molecule has 1 aromatic carbocycles. The molecule has 0 aliphatic heterocycles. The zero-order valence-electron chi connectivity index (χ0n) is 11.2. The molecule has 2 N–H and O–H groups in total. The van der Waals surface area contributed by atoms with Crippen LogP contribution in [0.5, 0.6) is 0 Å². The number of rotatable bonds is 5. The minimum atomic E-state index is -3.38. The third kappa shape index (κ3) is 4.13. The fourth-order valence-electron chi connectivity index (χ4n) is 1.85. The van der Waals surface area contributed by atoms with E-state index in [1.807, 2.05) is 6.92 Å². The average Bonchev–Trinajstić information content (AvgIpc) is 2.27. The molecule has 6 nitrogen and oxygen atoms in total. The summed E-state index contributed by atoms with van der Waals surface area (Å²) >= 11 is 0. The van der Waals surface area contributed by atoms with E-state index in [9.17, 15) is 13.2 Å². The Morgan fingerprint density at radius 3 is 2.53 bits per heavy atom. The smallest absolute Gasteiger partial charge is 0.404 e. The van der Waals surface area contributed by atoms with Gasteiger partial charge in [0.05, 0.1) is 11.9 Å². The van der Waals surface area contributed by atoms with Crippen LogP contribution in [-0.4, -0.2) is 32.4 Å². The molecular weight excluding hydrogens is 268 g/mol. The van der Waals surface area contributed by atoms with Gasteiger partial charge in [0.2, 0.25) is 10.0 Å². The maximum Gasteiger partial charge on any atom is 0.404 e.